The minimum Gasteiger partial charge on any atom is -0.475 e. The Hall–Kier alpha value is -3.94. The molecule has 260 valence electrons. The highest BCUT2D eigenvalue weighted by Gasteiger charge is 2.47. The van der Waals surface area contributed by atoms with E-state index in [4.69, 9.17) is 29.7 Å². The largest absolute Gasteiger partial charge is 0.490 e. The van der Waals surface area contributed by atoms with Gasteiger partial charge in [0.1, 0.15) is 0 Å². The summed E-state index contributed by atoms with van der Waals surface area (Å²) < 4.78 is 97.1. The molecule has 0 bridgehead atoms. The number of aliphatic carboxylic acids is 3. The van der Waals surface area contributed by atoms with E-state index in [1.54, 1.807) is 0 Å². The number of carboxylic acid groups (broad SMARTS) is 3. The number of carbonyl (C=O) groups is 3. The van der Waals surface area contributed by atoms with Crippen LogP contribution in [-0.2, 0) is 34.5 Å². The van der Waals surface area contributed by atoms with Crippen molar-refractivity contribution in [3.8, 4) is 0 Å². The Morgan fingerprint density at radius 3 is 1.61 bits per heavy atom. The van der Waals surface area contributed by atoms with Gasteiger partial charge in [-0.1, -0.05) is 0 Å². The highest BCUT2D eigenvalue weighted by molar-refractivity contribution is 5.73. The molecule has 0 unspecified atom stereocenters. The van der Waals surface area contributed by atoms with Crippen LogP contribution in [0.5, 0.6) is 0 Å². The third kappa shape index (κ3) is 14.4. The van der Waals surface area contributed by atoms with Crippen molar-refractivity contribution in [1.29, 1.82) is 0 Å². The van der Waals surface area contributed by atoms with Crippen LogP contribution in [0.25, 0.3) is 0 Å². The topological polar surface area (TPSA) is 149 Å². The van der Waals surface area contributed by atoms with E-state index in [-0.39, 0.29) is 0 Å². The van der Waals surface area contributed by atoms with Gasteiger partial charge >= 0.3 is 36.4 Å². The smallest absolute Gasteiger partial charge is 0.475 e. The van der Waals surface area contributed by atoms with E-state index in [2.05, 4.69) is 45.3 Å². The maximum atomic E-state index is 10.6. The summed E-state index contributed by atoms with van der Waals surface area (Å²) in [6, 6.07) is 5.00. The number of hydrogen-bond donors (Lipinski definition) is 3. The van der Waals surface area contributed by atoms with Crippen molar-refractivity contribution < 1.29 is 69.2 Å². The van der Waals surface area contributed by atoms with Crippen LogP contribution >= 0.6 is 0 Å². The quantitative estimate of drug-likeness (QED) is 0.383. The van der Waals surface area contributed by atoms with Gasteiger partial charge in [0, 0.05) is 50.3 Å². The fourth-order valence-electron chi connectivity index (χ4n) is 4.56. The van der Waals surface area contributed by atoms with Crippen molar-refractivity contribution in [2.45, 2.75) is 63.3 Å². The zero-order valence-electron chi connectivity index (χ0n) is 24.4. The van der Waals surface area contributed by atoms with Crippen LogP contribution in [0.2, 0.25) is 0 Å². The molecule has 4 rings (SSSR count). The first-order valence-corrected chi connectivity index (χ1v) is 13.1. The summed E-state index contributed by atoms with van der Waals surface area (Å²) >= 11 is 0. The van der Waals surface area contributed by atoms with Gasteiger partial charge in [-0.2, -0.15) is 44.6 Å². The lowest BCUT2D eigenvalue weighted by Crippen LogP contribution is -2.53. The third-order valence-corrected chi connectivity index (χ3v) is 6.95. The van der Waals surface area contributed by atoms with Gasteiger partial charge in [0.05, 0.1) is 6.20 Å². The van der Waals surface area contributed by atoms with E-state index in [1.165, 1.54) is 49.9 Å². The molecule has 2 aliphatic rings. The lowest BCUT2D eigenvalue weighted by atomic mass is 9.60. The average Bonchev–Trinajstić information content (AvgIpc) is 3.32. The number of carboxylic acids is 3. The average molecular weight is 682 g/mol. The number of likely N-dealkylation sites (tertiary alicyclic amines) is 1. The second kappa shape index (κ2) is 16.6. The first-order chi connectivity index (χ1) is 20.9. The van der Waals surface area contributed by atoms with Crippen LogP contribution in [0.1, 0.15) is 36.8 Å². The molecule has 46 heavy (non-hydrogen) atoms. The maximum absolute atomic E-state index is 10.6. The molecule has 1 aliphatic heterocycles. The normalized spacial score (nSPS) is 16.5. The number of alkyl halides is 9. The second-order valence-electron chi connectivity index (χ2n) is 10.5. The number of hydrogen-bond acceptors (Lipinski definition) is 7. The van der Waals surface area contributed by atoms with E-state index >= 15 is 0 Å². The van der Waals surface area contributed by atoms with Crippen LogP contribution in [0, 0.1) is 5.41 Å². The van der Waals surface area contributed by atoms with Crippen molar-refractivity contribution >= 4 is 17.9 Å². The third-order valence-electron chi connectivity index (χ3n) is 6.95. The van der Waals surface area contributed by atoms with Crippen LogP contribution in [0.15, 0.2) is 36.9 Å². The molecule has 0 radical (unpaired) electrons. The Morgan fingerprint density at radius 1 is 0.848 bits per heavy atom. The van der Waals surface area contributed by atoms with Gasteiger partial charge in [-0.05, 0) is 68.9 Å². The van der Waals surface area contributed by atoms with Gasteiger partial charge < -0.3 is 15.3 Å². The van der Waals surface area contributed by atoms with E-state index < -0.39 is 36.4 Å². The molecular weight excluding hydrogens is 649 g/mol. The Balaban J connectivity index is 0.000000413. The van der Waals surface area contributed by atoms with Gasteiger partial charge in [-0.25, -0.2) is 14.4 Å². The summed E-state index contributed by atoms with van der Waals surface area (Å²) in [4.78, 5) is 35.9. The summed E-state index contributed by atoms with van der Waals surface area (Å²) in [5.41, 5.74) is 3.31. The number of halogens is 9. The Bertz CT molecular complexity index is 1200. The molecule has 2 aromatic heterocycles. The van der Waals surface area contributed by atoms with Gasteiger partial charge in [0.15, 0.2) is 0 Å². The van der Waals surface area contributed by atoms with Gasteiger partial charge in [0.25, 0.3) is 0 Å². The fraction of sp³-hybridized carbons (Fsp3) is 0.577. The minimum absolute atomic E-state index is 0.614. The van der Waals surface area contributed by atoms with Crippen molar-refractivity contribution in [2.24, 2.45) is 12.5 Å². The molecule has 1 aliphatic carbocycles. The molecule has 0 atom stereocenters. The van der Waals surface area contributed by atoms with Crippen molar-refractivity contribution in [3.63, 3.8) is 0 Å². The SMILES string of the molecule is CN(Cc1ccncc1)C1CC2(CCN(Cc3cnn(C)c3)CC2)C1.O=C(O)C(F)(F)F.O=C(O)C(F)(F)F.O=C(O)C(F)(F)F. The summed E-state index contributed by atoms with van der Waals surface area (Å²) in [5, 5.41) is 25.7. The molecule has 3 heterocycles. The van der Waals surface area contributed by atoms with E-state index in [9.17, 15) is 39.5 Å². The first-order valence-electron chi connectivity index (χ1n) is 13.1. The van der Waals surface area contributed by atoms with Crippen LogP contribution < -0.4 is 0 Å². The standard InChI is InChI=1S/C20H29N5.3C2HF3O2/c1-23(14-17-3-7-21-8-4-17)19-11-20(12-19)5-9-25(10-6-20)16-18-13-22-24(2)15-18;3*3-2(4,5)1(6)7/h3-4,7-8,13,15,19H,5-6,9-12,14,16H2,1-2H3;3*(H,6,7). The Labute approximate surface area is 256 Å². The molecule has 0 amide bonds. The number of piperidine rings is 1. The molecule has 3 N–H and O–H groups in total. The highest BCUT2D eigenvalue weighted by Crippen LogP contribution is 2.51. The number of nitrogens with zero attached hydrogens (tertiary/aromatic N) is 5. The van der Waals surface area contributed by atoms with Crippen LogP contribution in [0.4, 0.5) is 39.5 Å². The Kier molecular flexibility index (Phi) is 14.4. The van der Waals surface area contributed by atoms with Gasteiger partial charge in [-0.3, -0.25) is 19.5 Å². The molecule has 2 fully saturated rings. The molecule has 1 saturated heterocycles. The number of aromatic nitrogens is 3. The predicted octanol–water partition coefficient (Wildman–Crippen LogP) is 4.59. The number of aryl methyl sites for hydroxylation is 1. The van der Waals surface area contributed by atoms with E-state index in [0.29, 0.717) is 5.41 Å². The lowest BCUT2D eigenvalue weighted by molar-refractivity contribution is -0.193. The van der Waals surface area contributed by atoms with Crippen molar-refractivity contribution in [2.75, 3.05) is 20.1 Å². The van der Waals surface area contributed by atoms with Crippen LogP contribution in [0.3, 0.4) is 0 Å². The van der Waals surface area contributed by atoms with Crippen molar-refractivity contribution in [3.05, 3.63) is 48.0 Å². The summed E-state index contributed by atoms with van der Waals surface area (Å²) in [6.07, 6.45) is -1.88. The van der Waals surface area contributed by atoms with Gasteiger partial charge in [-0.15, -0.1) is 0 Å². The molecule has 11 nitrogen and oxygen atoms in total. The van der Waals surface area contributed by atoms with Crippen LogP contribution in [-0.4, -0.2) is 102 Å². The molecule has 1 spiro atoms. The predicted molar refractivity (Wildman–Crippen MR) is 140 cm³/mol. The second-order valence-corrected chi connectivity index (χ2v) is 10.5. The molecule has 2 aromatic rings. The molecular formula is C26H32F9N5O6. The first kappa shape index (κ1) is 40.1. The maximum Gasteiger partial charge on any atom is 0.490 e. The van der Waals surface area contributed by atoms with E-state index in [0.717, 1.165) is 19.1 Å². The van der Waals surface area contributed by atoms with Gasteiger partial charge in [0.2, 0.25) is 0 Å². The van der Waals surface area contributed by atoms with E-state index in [1.807, 2.05) is 30.3 Å². The Morgan fingerprint density at radius 2 is 1.26 bits per heavy atom. The number of rotatable bonds is 5. The summed E-state index contributed by atoms with van der Waals surface area (Å²) in [7, 11) is 4.27. The fourth-order valence-corrected chi connectivity index (χ4v) is 4.56. The lowest BCUT2D eigenvalue weighted by Gasteiger charge is -2.54. The molecule has 1 saturated carbocycles. The monoisotopic (exact) mass is 681 g/mol. The zero-order valence-corrected chi connectivity index (χ0v) is 24.4. The summed E-state index contributed by atoms with van der Waals surface area (Å²) in [6.45, 7) is 4.55. The highest BCUT2D eigenvalue weighted by atomic mass is 19.4. The minimum atomic E-state index is -5.08. The summed E-state index contributed by atoms with van der Waals surface area (Å²) in [5.74, 6) is -8.27. The number of pyridine rings is 1. The zero-order chi connectivity index (χ0) is 35.5. The van der Waals surface area contributed by atoms with Crippen molar-refractivity contribution in [1.82, 2.24) is 24.6 Å². The molecule has 20 heteroatoms. The molecule has 0 aromatic carbocycles.